The largest absolute Gasteiger partial charge is 0.494 e. The van der Waals surface area contributed by atoms with Crippen molar-refractivity contribution in [1.82, 2.24) is 0 Å². The third-order valence-corrected chi connectivity index (χ3v) is 3.49. The Labute approximate surface area is 126 Å². The molecule has 0 amide bonds. The fraction of sp³-hybridized carbons (Fsp3) is 0.333. The van der Waals surface area contributed by atoms with E-state index < -0.39 is 0 Å². The van der Waals surface area contributed by atoms with Crippen molar-refractivity contribution in [2.24, 2.45) is 0 Å². The summed E-state index contributed by atoms with van der Waals surface area (Å²) in [6, 6.07) is 18.9. The first-order valence-electron chi connectivity index (χ1n) is 7.20. The minimum Gasteiger partial charge on any atom is -0.494 e. The molecule has 1 nitrogen and oxygen atoms in total. The van der Waals surface area contributed by atoms with Crippen LogP contribution in [0.5, 0.6) is 5.75 Å². The zero-order chi connectivity index (χ0) is 14.0. The van der Waals surface area contributed by atoms with Crippen molar-refractivity contribution in [3.63, 3.8) is 0 Å². The van der Waals surface area contributed by atoms with Crippen molar-refractivity contribution in [1.29, 1.82) is 0 Å². The van der Waals surface area contributed by atoms with Gasteiger partial charge in [-0.3, -0.25) is 0 Å². The van der Waals surface area contributed by atoms with Gasteiger partial charge >= 0.3 is 0 Å². The summed E-state index contributed by atoms with van der Waals surface area (Å²) < 4.78 is 5.71. The van der Waals surface area contributed by atoms with E-state index in [1.54, 1.807) is 0 Å². The summed E-state index contributed by atoms with van der Waals surface area (Å²) in [4.78, 5) is 0. The molecule has 0 aliphatic heterocycles. The lowest BCUT2D eigenvalue weighted by molar-refractivity contribution is 0.306. The summed E-state index contributed by atoms with van der Waals surface area (Å²) in [6.07, 6.45) is 4.24. The summed E-state index contributed by atoms with van der Waals surface area (Å²) in [7, 11) is 0. The van der Waals surface area contributed by atoms with E-state index in [-0.39, 0.29) is 0 Å². The third kappa shape index (κ3) is 5.26. The molecule has 0 fully saturated rings. The van der Waals surface area contributed by atoms with Crippen LogP contribution in [0.1, 0.15) is 30.4 Å². The van der Waals surface area contributed by atoms with Gasteiger partial charge in [0.2, 0.25) is 0 Å². The minimum atomic E-state index is 0.744. The zero-order valence-corrected chi connectivity index (χ0v) is 12.5. The number of benzene rings is 2. The Balaban J connectivity index is 1.78. The molecule has 2 aromatic rings. The molecule has 0 unspecified atom stereocenters. The average molecular weight is 289 g/mol. The highest BCUT2D eigenvalue weighted by Gasteiger charge is 1.98. The maximum Gasteiger partial charge on any atom is 0.119 e. The van der Waals surface area contributed by atoms with E-state index in [1.807, 2.05) is 6.07 Å². The maximum atomic E-state index is 5.71. The van der Waals surface area contributed by atoms with Crippen molar-refractivity contribution in [2.45, 2.75) is 25.7 Å². The topological polar surface area (TPSA) is 9.23 Å². The minimum absolute atomic E-state index is 0.744. The number of alkyl halides is 1. The molecule has 0 saturated heterocycles. The molecular weight excluding hydrogens is 268 g/mol. The van der Waals surface area contributed by atoms with Crippen molar-refractivity contribution in [2.75, 3.05) is 12.5 Å². The van der Waals surface area contributed by atoms with Crippen molar-refractivity contribution in [3.8, 4) is 5.75 Å². The smallest absolute Gasteiger partial charge is 0.119 e. The van der Waals surface area contributed by atoms with Crippen LogP contribution in [-0.2, 0) is 6.42 Å². The quantitative estimate of drug-likeness (QED) is 0.487. The highest BCUT2D eigenvalue weighted by molar-refractivity contribution is 6.17. The van der Waals surface area contributed by atoms with Crippen LogP contribution in [0.3, 0.4) is 0 Å². The highest BCUT2D eigenvalue weighted by Crippen LogP contribution is 2.15. The fourth-order valence-corrected chi connectivity index (χ4v) is 2.29. The van der Waals surface area contributed by atoms with Gasteiger partial charge in [0.1, 0.15) is 5.75 Å². The highest BCUT2D eigenvalue weighted by atomic mass is 35.5. The lowest BCUT2D eigenvalue weighted by Gasteiger charge is -2.07. The van der Waals surface area contributed by atoms with Gasteiger partial charge in [0.15, 0.2) is 0 Å². The molecular formula is C18H21ClO. The third-order valence-electron chi connectivity index (χ3n) is 3.22. The molecule has 0 heterocycles. The Kier molecular flexibility index (Phi) is 6.46. The van der Waals surface area contributed by atoms with Gasteiger partial charge in [0, 0.05) is 5.88 Å². The Hall–Kier alpha value is -1.47. The molecule has 2 rings (SSSR count). The van der Waals surface area contributed by atoms with E-state index >= 15 is 0 Å². The van der Waals surface area contributed by atoms with E-state index in [4.69, 9.17) is 16.3 Å². The molecule has 0 aromatic heterocycles. The fourth-order valence-electron chi connectivity index (χ4n) is 2.10. The summed E-state index contributed by atoms with van der Waals surface area (Å²) >= 11 is 5.64. The Morgan fingerprint density at radius 3 is 2.15 bits per heavy atom. The number of unbranched alkanes of at least 4 members (excludes halogenated alkanes) is 2. The van der Waals surface area contributed by atoms with Gasteiger partial charge in [0.05, 0.1) is 6.61 Å². The van der Waals surface area contributed by atoms with Gasteiger partial charge in [-0.25, -0.2) is 0 Å². The molecule has 0 saturated carbocycles. The van der Waals surface area contributed by atoms with Gasteiger partial charge in [-0.1, -0.05) is 42.5 Å². The van der Waals surface area contributed by atoms with Crippen LogP contribution in [-0.4, -0.2) is 12.5 Å². The number of ether oxygens (including phenoxy) is 1. The second kappa shape index (κ2) is 8.65. The number of rotatable bonds is 8. The Morgan fingerprint density at radius 2 is 1.45 bits per heavy atom. The first-order chi connectivity index (χ1) is 9.88. The van der Waals surface area contributed by atoms with Crippen LogP contribution in [0, 0.1) is 0 Å². The molecule has 0 spiro atoms. The monoisotopic (exact) mass is 288 g/mol. The summed E-state index contributed by atoms with van der Waals surface area (Å²) in [5, 5.41) is 0. The second-order valence-electron chi connectivity index (χ2n) is 4.90. The summed E-state index contributed by atoms with van der Waals surface area (Å²) in [5.41, 5.74) is 2.65. The molecule has 20 heavy (non-hydrogen) atoms. The molecule has 0 aliphatic carbocycles. The van der Waals surface area contributed by atoms with Crippen LogP contribution in [0.4, 0.5) is 0 Å². The lowest BCUT2D eigenvalue weighted by atomic mass is 10.1. The lowest BCUT2D eigenvalue weighted by Crippen LogP contribution is -1.97. The van der Waals surface area contributed by atoms with Gasteiger partial charge in [-0.2, -0.15) is 0 Å². The van der Waals surface area contributed by atoms with E-state index in [1.165, 1.54) is 11.1 Å². The van der Waals surface area contributed by atoms with Crippen LogP contribution in [0.2, 0.25) is 0 Å². The predicted molar refractivity (Wildman–Crippen MR) is 85.8 cm³/mol. The molecule has 2 aromatic carbocycles. The van der Waals surface area contributed by atoms with Gasteiger partial charge in [-0.15, -0.1) is 11.6 Å². The predicted octanol–water partition coefficient (Wildman–Crippen LogP) is 5.07. The van der Waals surface area contributed by atoms with Crippen LogP contribution < -0.4 is 4.74 Å². The number of hydrogen-bond donors (Lipinski definition) is 0. The Morgan fingerprint density at radius 1 is 0.750 bits per heavy atom. The van der Waals surface area contributed by atoms with E-state index in [0.29, 0.717) is 0 Å². The van der Waals surface area contributed by atoms with Crippen molar-refractivity contribution in [3.05, 3.63) is 65.7 Å². The number of halogens is 1. The van der Waals surface area contributed by atoms with Gasteiger partial charge in [0.25, 0.3) is 0 Å². The number of hydrogen-bond acceptors (Lipinski definition) is 1. The standard InChI is InChI=1S/C18H21ClO/c19-13-5-2-6-14-20-18-11-9-17(10-12-18)15-16-7-3-1-4-8-16/h1,3-4,7-12H,2,5-6,13-15H2. The molecule has 0 atom stereocenters. The van der Waals surface area contributed by atoms with Crippen LogP contribution in [0.25, 0.3) is 0 Å². The van der Waals surface area contributed by atoms with Gasteiger partial charge < -0.3 is 4.74 Å². The summed E-state index contributed by atoms with van der Waals surface area (Å²) in [6.45, 7) is 0.773. The zero-order valence-electron chi connectivity index (χ0n) is 11.7. The molecule has 2 heteroatoms. The molecule has 106 valence electrons. The van der Waals surface area contributed by atoms with E-state index in [0.717, 1.165) is 43.9 Å². The van der Waals surface area contributed by atoms with E-state index in [9.17, 15) is 0 Å². The molecule has 0 N–H and O–H groups in total. The van der Waals surface area contributed by atoms with E-state index in [2.05, 4.69) is 48.5 Å². The molecule has 0 bridgehead atoms. The van der Waals surface area contributed by atoms with Crippen LogP contribution >= 0.6 is 11.6 Å². The Bertz CT molecular complexity index is 479. The normalized spacial score (nSPS) is 10.4. The second-order valence-corrected chi connectivity index (χ2v) is 5.28. The van der Waals surface area contributed by atoms with Gasteiger partial charge in [-0.05, 0) is 48.9 Å². The first-order valence-corrected chi connectivity index (χ1v) is 7.73. The first kappa shape index (κ1) is 14.9. The van der Waals surface area contributed by atoms with Crippen molar-refractivity contribution >= 4 is 11.6 Å². The van der Waals surface area contributed by atoms with Crippen molar-refractivity contribution < 1.29 is 4.74 Å². The molecule has 0 radical (unpaired) electrons. The average Bonchev–Trinajstić information content (AvgIpc) is 2.50. The molecule has 0 aliphatic rings. The summed E-state index contributed by atoms with van der Waals surface area (Å²) in [5.74, 6) is 1.70. The maximum absolute atomic E-state index is 5.71. The SMILES string of the molecule is ClCCCCCOc1ccc(Cc2ccccc2)cc1. The van der Waals surface area contributed by atoms with Crippen LogP contribution in [0.15, 0.2) is 54.6 Å².